The number of rotatable bonds is 5. The molecule has 24 heavy (non-hydrogen) atoms. The van der Waals surface area contributed by atoms with Crippen molar-refractivity contribution in [3.05, 3.63) is 54.6 Å². The molecule has 0 saturated carbocycles. The maximum atomic E-state index is 12.2. The topological polar surface area (TPSA) is 78.9 Å². The quantitative estimate of drug-likeness (QED) is 0.885. The van der Waals surface area contributed by atoms with Crippen LogP contribution in [-0.4, -0.2) is 30.2 Å². The Labute approximate surface area is 139 Å². The fourth-order valence-corrected chi connectivity index (χ4v) is 2.71. The summed E-state index contributed by atoms with van der Waals surface area (Å²) in [6.07, 6.45) is 0.0124. The van der Waals surface area contributed by atoms with Crippen LogP contribution >= 0.6 is 0 Å². The van der Waals surface area contributed by atoms with Crippen molar-refractivity contribution in [2.75, 3.05) is 18.0 Å². The van der Waals surface area contributed by atoms with Gasteiger partial charge in [0.15, 0.2) is 5.75 Å². The molecule has 1 heterocycles. The maximum Gasteiger partial charge on any atom is 0.322 e. The molecule has 6 heteroatoms. The summed E-state index contributed by atoms with van der Waals surface area (Å²) in [6.45, 7) is 0.705. The van der Waals surface area contributed by atoms with E-state index in [9.17, 15) is 9.59 Å². The third kappa shape index (κ3) is 3.65. The molecule has 2 amide bonds. The minimum absolute atomic E-state index is 0.0124. The lowest BCUT2D eigenvalue weighted by molar-refractivity contribution is -0.138. The molecule has 1 fully saturated rings. The van der Waals surface area contributed by atoms with Crippen LogP contribution in [0, 0.1) is 5.92 Å². The number of carboxylic acid groups (broad SMARTS) is 1. The molecule has 6 nitrogen and oxygen atoms in total. The number of amides is 2. The number of nitrogens with one attached hydrogen (secondary N) is 1. The van der Waals surface area contributed by atoms with Gasteiger partial charge in [0.1, 0.15) is 5.75 Å². The first-order valence-electron chi connectivity index (χ1n) is 7.72. The Bertz CT molecular complexity index is 733. The zero-order chi connectivity index (χ0) is 16.9. The normalized spacial score (nSPS) is 17.2. The highest BCUT2D eigenvalue weighted by molar-refractivity contribution is 5.94. The van der Waals surface area contributed by atoms with Gasteiger partial charge in [0.2, 0.25) is 0 Å². The first kappa shape index (κ1) is 15.9. The molecule has 2 aromatic carbocycles. The van der Waals surface area contributed by atoms with Gasteiger partial charge in [0.25, 0.3) is 0 Å². The number of carboxylic acids is 1. The molecular formula is C18H18N2O4. The van der Waals surface area contributed by atoms with Crippen molar-refractivity contribution in [3.63, 3.8) is 0 Å². The number of para-hydroxylation sites is 3. The highest BCUT2D eigenvalue weighted by Crippen LogP contribution is 2.33. The molecule has 3 rings (SSSR count). The van der Waals surface area contributed by atoms with E-state index in [-0.39, 0.29) is 18.4 Å². The highest BCUT2D eigenvalue weighted by atomic mass is 16.5. The van der Waals surface area contributed by atoms with Crippen LogP contribution in [0.2, 0.25) is 0 Å². The summed E-state index contributed by atoms with van der Waals surface area (Å²) < 4.78 is 5.89. The van der Waals surface area contributed by atoms with Crippen LogP contribution in [0.25, 0.3) is 0 Å². The van der Waals surface area contributed by atoms with E-state index in [0.29, 0.717) is 30.3 Å². The number of aliphatic carboxylic acids is 1. The zero-order valence-corrected chi connectivity index (χ0v) is 13.0. The first-order chi connectivity index (χ1) is 11.6. The monoisotopic (exact) mass is 326 g/mol. The second kappa shape index (κ2) is 7.04. The van der Waals surface area contributed by atoms with E-state index < -0.39 is 5.97 Å². The molecule has 0 bridgehead atoms. The van der Waals surface area contributed by atoms with Crippen LogP contribution in [0.5, 0.6) is 11.5 Å². The summed E-state index contributed by atoms with van der Waals surface area (Å²) in [5.41, 5.74) is 0.619. The summed E-state index contributed by atoms with van der Waals surface area (Å²) in [4.78, 5) is 24.7. The van der Waals surface area contributed by atoms with Gasteiger partial charge in [-0.3, -0.25) is 9.69 Å². The molecule has 1 atom stereocenters. The average Bonchev–Trinajstić information content (AvgIpc) is 2.58. The fourth-order valence-electron chi connectivity index (χ4n) is 2.71. The second-order valence-corrected chi connectivity index (χ2v) is 5.64. The molecule has 124 valence electrons. The molecule has 0 radical (unpaired) electrons. The van der Waals surface area contributed by atoms with E-state index in [2.05, 4.69) is 5.32 Å². The number of nitrogens with zero attached hydrogens (tertiary/aromatic N) is 1. The number of carbonyl (C=O) groups is 2. The van der Waals surface area contributed by atoms with Crippen LogP contribution < -0.4 is 15.0 Å². The van der Waals surface area contributed by atoms with Gasteiger partial charge in [-0.25, -0.2) is 4.79 Å². The standard InChI is InChI=1S/C18H18N2O4/c21-17(22)10-13-11-19-18(23)20(12-13)15-8-4-5-9-16(15)24-14-6-2-1-3-7-14/h1-9,13H,10-12H2,(H,19,23)(H,21,22). The lowest BCUT2D eigenvalue weighted by atomic mass is 10.0. The number of ether oxygens (including phenoxy) is 1. The minimum Gasteiger partial charge on any atom is -0.481 e. The van der Waals surface area contributed by atoms with Crippen molar-refractivity contribution in [1.82, 2.24) is 5.32 Å². The Kier molecular flexibility index (Phi) is 4.65. The summed E-state index contributed by atoms with van der Waals surface area (Å²) in [7, 11) is 0. The predicted octanol–water partition coefficient (Wildman–Crippen LogP) is 3.10. The number of carbonyl (C=O) groups excluding carboxylic acids is 1. The molecule has 0 spiro atoms. The van der Waals surface area contributed by atoms with Crippen molar-refractivity contribution in [1.29, 1.82) is 0 Å². The van der Waals surface area contributed by atoms with Crippen molar-refractivity contribution >= 4 is 17.7 Å². The van der Waals surface area contributed by atoms with Crippen LogP contribution in [0.1, 0.15) is 6.42 Å². The molecule has 1 saturated heterocycles. The molecular weight excluding hydrogens is 308 g/mol. The average molecular weight is 326 g/mol. The van der Waals surface area contributed by atoms with Crippen LogP contribution in [0.15, 0.2) is 54.6 Å². The summed E-state index contributed by atoms with van der Waals surface area (Å²) in [5, 5.41) is 11.7. The molecule has 1 unspecified atom stereocenters. The number of urea groups is 1. The van der Waals surface area contributed by atoms with E-state index in [1.165, 1.54) is 4.90 Å². The molecule has 1 aliphatic heterocycles. The van der Waals surface area contributed by atoms with Crippen molar-refractivity contribution in [2.45, 2.75) is 6.42 Å². The summed E-state index contributed by atoms with van der Waals surface area (Å²) >= 11 is 0. The number of benzene rings is 2. The van der Waals surface area contributed by atoms with Crippen molar-refractivity contribution in [3.8, 4) is 11.5 Å². The van der Waals surface area contributed by atoms with E-state index in [1.54, 1.807) is 12.1 Å². The van der Waals surface area contributed by atoms with E-state index in [1.807, 2.05) is 42.5 Å². The fraction of sp³-hybridized carbons (Fsp3) is 0.222. The predicted molar refractivity (Wildman–Crippen MR) is 89.4 cm³/mol. The number of hydrogen-bond donors (Lipinski definition) is 2. The zero-order valence-electron chi connectivity index (χ0n) is 13.0. The molecule has 2 N–H and O–H groups in total. The lowest BCUT2D eigenvalue weighted by Gasteiger charge is -2.33. The Hall–Kier alpha value is -3.02. The number of hydrogen-bond acceptors (Lipinski definition) is 3. The van der Waals surface area contributed by atoms with Gasteiger partial charge in [-0.05, 0) is 24.3 Å². The van der Waals surface area contributed by atoms with Crippen LogP contribution in [0.3, 0.4) is 0 Å². The van der Waals surface area contributed by atoms with E-state index in [0.717, 1.165) is 0 Å². The van der Waals surface area contributed by atoms with Gasteiger partial charge in [0, 0.05) is 19.0 Å². The SMILES string of the molecule is O=C(O)CC1CNC(=O)N(c2ccccc2Oc2ccccc2)C1. The second-order valence-electron chi connectivity index (χ2n) is 5.64. The Morgan fingerprint density at radius 2 is 1.88 bits per heavy atom. The number of anilines is 1. The maximum absolute atomic E-state index is 12.2. The van der Waals surface area contributed by atoms with Gasteiger partial charge in [-0.15, -0.1) is 0 Å². The summed E-state index contributed by atoms with van der Waals surface area (Å²) in [5.74, 6) is 0.203. The molecule has 2 aromatic rings. The Morgan fingerprint density at radius 1 is 1.17 bits per heavy atom. The van der Waals surface area contributed by atoms with Crippen LogP contribution in [0.4, 0.5) is 10.5 Å². The van der Waals surface area contributed by atoms with E-state index in [4.69, 9.17) is 9.84 Å². The van der Waals surface area contributed by atoms with Gasteiger partial charge in [0.05, 0.1) is 12.1 Å². The molecule has 1 aliphatic rings. The smallest absolute Gasteiger partial charge is 0.322 e. The third-order valence-electron chi connectivity index (χ3n) is 3.82. The van der Waals surface area contributed by atoms with Crippen molar-refractivity contribution in [2.24, 2.45) is 5.92 Å². The molecule has 0 aromatic heterocycles. The Morgan fingerprint density at radius 3 is 2.62 bits per heavy atom. The molecule has 0 aliphatic carbocycles. The Balaban J connectivity index is 1.85. The van der Waals surface area contributed by atoms with Crippen molar-refractivity contribution < 1.29 is 19.4 Å². The summed E-state index contributed by atoms with van der Waals surface area (Å²) in [6, 6.07) is 16.3. The van der Waals surface area contributed by atoms with E-state index >= 15 is 0 Å². The van der Waals surface area contributed by atoms with Crippen LogP contribution in [-0.2, 0) is 4.79 Å². The third-order valence-corrected chi connectivity index (χ3v) is 3.82. The largest absolute Gasteiger partial charge is 0.481 e. The minimum atomic E-state index is -0.870. The van der Waals surface area contributed by atoms with Gasteiger partial charge in [-0.1, -0.05) is 30.3 Å². The van der Waals surface area contributed by atoms with Gasteiger partial charge in [-0.2, -0.15) is 0 Å². The van der Waals surface area contributed by atoms with Gasteiger partial charge >= 0.3 is 12.0 Å². The lowest BCUT2D eigenvalue weighted by Crippen LogP contribution is -2.51. The highest BCUT2D eigenvalue weighted by Gasteiger charge is 2.29. The first-order valence-corrected chi connectivity index (χ1v) is 7.72. The van der Waals surface area contributed by atoms with Gasteiger partial charge < -0.3 is 15.2 Å².